The highest BCUT2D eigenvalue weighted by Crippen LogP contribution is 2.31. The van der Waals surface area contributed by atoms with Crippen LogP contribution in [0, 0.1) is 12.0 Å². The van der Waals surface area contributed by atoms with E-state index in [1.807, 2.05) is 6.07 Å². The van der Waals surface area contributed by atoms with E-state index in [4.69, 9.17) is 0 Å². The molecule has 0 heterocycles. The lowest BCUT2D eigenvalue weighted by atomic mass is 9.82. The zero-order valence-electron chi connectivity index (χ0n) is 11.0. The Balaban J connectivity index is 2.64. The zero-order chi connectivity index (χ0) is 11.8. The lowest BCUT2D eigenvalue weighted by Gasteiger charge is -2.23. The summed E-state index contributed by atoms with van der Waals surface area (Å²) in [7, 11) is 0. The smallest absolute Gasteiger partial charge is 0.0130 e. The molecule has 0 saturated heterocycles. The molecule has 0 saturated carbocycles. The number of unbranched alkanes of at least 4 members (excludes halogenated alkanes) is 2. The molecule has 0 nitrogen and oxygen atoms in total. The summed E-state index contributed by atoms with van der Waals surface area (Å²) in [4.78, 5) is 0. The van der Waals surface area contributed by atoms with Gasteiger partial charge in [-0.3, -0.25) is 0 Å². The van der Waals surface area contributed by atoms with Crippen molar-refractivity contribution in [2.75, 3.05) is 0 Å². The van der Waals surface area contributed by atoms with Crippen molar-refractivity contribution in [3.8, 4) is 0 Å². The molecule has 0 amide bonds. The van der Waals surface area contributed by atoms with E-state index in [9.17, 15) is 0 Å². The molecule has 1 rings (SSSR count). The van der Waals surface area contributed by atoms with E-state index in [2.05, 4.69) is 45.0 Å². The second-order valence-electron chi connectivity index (χ2n) is 4.81. The Morgan fingerprint density at radius 2 is 2.00 bits per heavy atom. The Kier molecular flexibility index (Phi) is 6.22. The maximum absolute atomic E-state index is 3.41. The Bertz CT molecular complexity index is 263. The van der Waals surface area contributed by atoms with Crippen LogP contribution in [-0.4, -0.2) is 0 Å². The molecule has 16 heavy (non-hydrogen) atoms. The van der Waals surface area contributed by atoms with Gasteiger partial charge in [0.05, 0.1) is 0 Å². The fourth-order valence-corrected chi connectivity index (χ4v) is 2.28. The van der Waals surface area contributed by atoms with Gasteiger partial charge in [0.2, 0.25) is 0 Å². The molecule has 0 aliphatic carbocycles. The minimum atomic E-state index is 0.706. The summed E-state index contributed by atoms with van der Waals surface area (Å²) in [6.07, 6.45) is 6.61. The first-order valence-corrected chi connectivity index (χ1v) is 6.76. The van der Waals surface area contributed by atoms with Gasteiger partial charge in [0.1, 0.15) is 0 Å². The molecule has 0 fully saturated rings. The third-order valence-corrected chi connectivity index (χ3v) is 3.58. The summed E-state index contributed by atoms with van der Waals surface area (Å²) in [6, 6.07) is 11.9. The fourth-order valence-electron chi connectivity index (χ4n) is 2.28. The van der Waals surface area contributed by atoms with Crippen LogP contribution in [0.25, 0.3) is 0 Å². The van der Waals surface area contributed by atoms with Crippen molar-refractivity contribution >= 4 is 0 Å². The van der Waals surface area contributed by atoms with Crippen molar-refractivity contribution < 1.29 is 0 Å². The van der Waals surface area contributed by atoms with Crippen molar-refractivity contribution in [1.29, 1.82) is 0 Å². The van der Waals surface area contributed by atoms with Crippen molar-refractivity contribution in [2.45, 2.75) is 58.8 Å². The van der Waals surface area contributed by atoms with Crippen LogP contribution < -0.4 is 0 Å². The highest BCUT2D eigenvalue weighted by molar-refractivity contribution is 5.18. The molecular formula is C16H25. The maximum atomic E-state index is 3.41. The fraction of sp³-hybridized carbons (Fsp3) is 0.625. The molecule has 0 bridgehead atoms. The van der Waals surface area contributed by atoms with Crippen LogP contribution in [0.5, 0.6) is 0 Å². The molecule has 2 atom stereocenters. The Hall–Kier alpha value is -0.780. The molecule has 0 aliphatic heterocycles. The average molecular weight is 217 g/mol. The van der Waals surface area contributed by atoms with Gasteiger partial charge in [0.15, 0.2) is 0 Å². The summed E-state index contributed by atoms with van der Waals surface area (Å²) < 4.78 is 0. The van der Waals surface area contributed by atoms with Gasteiger partial charge in [0.25, 0.3) is 0 Å². The molecule has 0 aromatic heterocycles. The van der Waals surface area contributed by atoms with Crippen LogP contribution >= 0.6 is 0 Å². The van der Waals surface area contributed by atoms with Crippen LogP contribution in [0.3, 0.4) is 0 Å². The van der Waals surface area contributed by atoms with Gasteiger partial charge in [-0.2, -0.15) is 0 Å². The highest BCUT2D eigenvalue weighted by Gasteiger charge is 2.17. The molecule has 1 aromatic carbocycles. The summed E-state index contributed by atoms with van der Waals surface area (Å²) in [5, 5.41) is 0. The first-order chi connectivity index (χ1) is 7.79. The zero-order valence-corrected chi connectivity index (χ0v) is 11.0. The molecular weight excluding hydrogens is 192 g/mol. The highest BCUT2D eigenvalue weighted by atomic mass is 14.2. The predicted molar refractivity (Wildman–Crippen MR) is 71.6 cm³/mol. The summed E-state index contributed by atoms with van der Waals surface area (Å²) in [6.45, 7) is 6.94. The molecule has 0 N–H and O–H groups in total. The van der Waals surface area contributed by atoms with Gasteiger partial charge in [-0.05, 0) is 29.9 Å². The van der Waals surface area contributed by atoms with E-state index < -0.39 is 0 Å². The summed E-state index contributed by atoms with van der Waals surface area (Å²) in [5.74, 6) is 1.48. The minimum absolute atomic E-state index is 0.706. The van der Waals surface area contributed by atoms with E-state index in [1.165, 1.54) is 37.7 Å². The van der Waals surface area contributed by atoms with E-state index >= 15 is 0 Å². The van der Waals surface area contributed by atoms with Crippen molar-refractivity contribution in [2.24, 2.45) is 5.92 Å². The topological polar surface area (TPSA) is 0 Å². The molecule has 0 heteroatoms. The molecule has 0 aliphatic rings. The van der Waals surface area contributed by atoms with Crippen LogP contribution in [0.2, 0.25) is 0 Å². The van der Waals surface area contributed by atoms with Crippen molar-refractivity contribution in [3.05, 3.63) is 35.9 Å². The quantitative estimate of drug-likeness (QED) is 0.551. The number of rotatable bonds is 7. The van der Waals surface area contributed by atoms with Gasteiger partial charge in [-0.15, -0.1) is 0 Å². The largest absolute Gasteiger partial charge is 0.0654 e. The number of benzene rings is 1. The number of hydrogen-bond donors (Lipinski definition) is 0. The van der Waals surface area contributed by atoms with Crippen LogP contribution in [0.15, 0.2) is 24.3 Å². The molecule has 89 valence electrons. The Morgan fingerprint density at radius 3 is 2.56 bits per heavy atom. The van der Waals surface area contributed by atoms with E-state index in [1.54, 1.807) is 0 Å². The van der Waals surface area contributed by atoms with Gasteiger partial charge in [-0.1, -0.05) is 70.7 Å². The SMILES string of the molecule is CCCCCC(c1[c]cccc1)C(C)CC. The lowest BCUT2D eigenvalue weighted by Crippen LogP contribution is -2.09. The second-order valence-corrected chi connectivity index (χ2v) is 4.81. The van der Waals surface area contributed by atoms with Gasteiger partial charge < -0.3 is 0 Å². The predicted octanol–water partition coefficient (Wildman–Crippen LogP) is 5.20. The molecule has 1 radical (unpaired) electrons. The number of hydrogen-bond acceptors (Lipinski definition) is 0. The van der Waals surface area contributed by atoms with E-state index in [0.29, 0.717) is 5.92 Å². The minimum Gasteiger partial charge on any atom is -0.0654 e. The summed E-state index contributed by atoms with van der Waals surface area (Å²) in [5.41, 5.74) is 1.41. The van der Waals surface area contributed by atoms with Crippen LogP contribution in [0.4, 0.5) is 0 Å². The van der Waals surface area contributed by atoms with E-state index in [-0.39, 0.29) is 0 Å². The first-order valence-electron chi connectivity index (χ1n) is 6.76. The third-order valence-electron chi connectivity index (χ3n) is 3.58. The molecule has 2 unspecified atom stereocenters. The normalized spacial score (nSPS) is 14.7. The molecule has 1 aromatic rings. The third kappa shape index (κ3) is 4.00. The van der Waals surface area contributed by atoms with Crippen molar-refractivity contribution in [1.82, 2.24) is 0 Å². The standard InChI is InChI=1S/C16H25/c1-4-6-8-13-16(14(3)5-2)15-11-9-7-10-12-15/h7,9-11,14,16H,4-6,8,13H2,1-3H3. The average Bonchev–Trinajstić information content (AvgIpc) is 2.35. The van der Waals surface area contributed by atoms with Gasteiger partial charge in [-0.25, -0.2) is 0 Å². The van der Waals surface area contributed by atoms with Crippen LogP contribution in [0.1, 0.15) is 64.4 Å². The van der Waals surface area contributed by atoms with Crippen molar-refractivity contribution in [3.63, 3.8) is 0 Å². The first kappa shape index (κ1) is 13.3. The summed E-state index contributed by atoms with van der Waals surface area (Å²) >= 11 is 0. The van der Waals surface area contributed by atoms with Crippen LogP contribution in [-0.2, 0) is 0 Å². The van der Waals surface area contributed by atoms with E-state index in [0.717, 1.165) is 5.92 Å². The van der Waals surface area contributed by atoms with Gasteiger partial charge in [0, 0.05) is 0 Å². The maximum Gasteiger partial charge on any atom is -0.0130 e. The lowest BCUT2D eigenvalue weighted by molar-refractivity contribution is 0.407. The second kappa shape index (κ2) is 7.49. The Morgan fingerprint density at radius 1 is 1.19 bits per heavy atom. The monoisotopic (exact) mass is 217 g/mol. The molecule has 0 spiro atoms. The Labute approximate surface area is 101 Å². The van der Waals surface area contributed by atoms with Gasteiger partial charge >= 0.3 is 0 Å².